The van der Waals surface area contributed by atoms with Crippen LogP contribution >= 0.6 is 0 Å². The fourth-order valence-electron chi connectivity index (χ4n) is 2.70. The van der Waals surface area contributed by atoms with E-state index in [9.17, 15) is 4.79 Å². The second-order valence-electron chi connectivity index (χ2n) is 6.32. The van der Waals surface area contributed by atoms with Crippen molar-refractivity contribution in [2.75, 3.05) is 0 Å². The molecule has 0 saturated heterocycles. The monoisotopic (exact) mass is 386 g/mol. The maximum Gasteiger partial charge on any atom is 0.331 e. The first-order chi connectivity index (χ1) is 14.3. The number of hydrogen-bond donors (Lipinski definition) is 0. The van der Waals surface area contributed by atoms with Crippen LogP contribution in [0.15, 0.2) is 83.5 Å². The number of esters is 1. The third-order valence-corrected chi connectivity index (χ3v) is 4.11. The van der Waals surface area contributed by atoms with Gasteiger partial charge in [-0.25, -0.2) is 9.48 Å². The van der Waals surface area contributed by atoms with Gasteiger partial charge in [-0.1, -0.05) is 71.0 Å². The normalized spacial score (nSPS) is 11.0. The SMILES string of the molecule is O=C(/C=C/c1cn(Cc2ccccc2)nn1)OCc1cc(-c2ccccc2)on1. The fraction of sp³-hybridized carbons (Fsp3) is 0.0909. The highest BCUT2D eigenvalue weighted by Crippen LogP contribution is 2.20. The fourth-order valence-corrected chi connectivity index (χ4v) is 2.70. The molecule has 0 amide bonds. The van der Waals surface area contributed by atoms with Gasteiger partial charge in [-0.3, -0.25) is 0 Å². The van der Waals surface area contributed by atoms with E-state index in [4.69, 9.17) is 9.26 Å². The van der Waals surface area contributed by atoms with E-state index in [0.717, 1.165) is 11.1 Å². The summed E-state index contributed by atoms with van der Waals surface area (Å²) in [5.41, 5.74) is 3.15. The summed E-state index contributed by atoms with van der Waals surface area (Å²) in [4.78, 5) is 11.9. The Hall–Kier alpha value is -4.00. The minimum atomic E-state index is -0.494. The van der Waals surface area contributed by atoms with Crippen LogP contribution in [-0.2, 0) is 22.7 Å². The average Bonchev–Trinajstić information content (AvgIpc) is 3.42. The Balaban J connectivity index is 1.29. The molecule has 2 aromatic heterocycles. The Bertz CT molecular complexity index is 1100. The highest BCUT2D eigenvalue weighted by atomic mass is 16.5. The van der Waals surface area contributed by atoms with Crippen molar-refractivity contribution in [3.8, 4) is 11.3 Å². The zero-order valence-corrected chi connectivity index (χ0v) is 15.5. The summed E-state index contributed by atoms with van der Waals surface area (Å²) in [6.45, 7) is 0.641. The summed E-state index contributed by atoms with van der Waals surface area (Å²) < 4.78 is 12.2. The Morgan fingerprint density at radius 1 is 1.07 bits per heavy atom. The third-order valence-electron chi connectivity index (χ3n) is 4.11. The number of ether oxygens (including phenoxy) is 1. The van der Waals surface area contributed by atoms with Crippen LogP contribution in [0.1, 0.15) is 17.0 Å². The molecule has 4 rings (SSSR count). The molecule has 0 fully saturated rings. The molecule has 2 aromatic carbocycles. The third kappa shape index (κ3) is 5.04. The van der Waals surface area contributed by atoms with E-state index >= 15 is 0 Å². The topological polar surface area (TPSA) is 83.0 Å². The first-order valence-electron chi connectivity index (χ1n) is 9.06. The Kier molecular flexibility index (Phi) is 5.57. The number of benzene rings is 2. The summed E-state index contributed by atoms with van der Waals surface area (Å²) in [6, 6.07) is 21.3. The lowest BCUT2D eigenvalue weighted by Gasteiger charge is -1.99. The number of hydrogen-bond acceptors (Lipinski definition) is 6. The maximum absolute atomic E-state index is 11.9. The van der Waals surface area contributed by atoms with Gasteiger partial charge in [0.15, 0.2) is 5.76 Å². The number of carbonyl (C=O) groups is 1. The first-order valence-corrected chi connectivity index (χ1v) is 9.06. The number of nitrogens with zero attached hydrogens (tertiary/aromatic N) is 4. The molecule has 0 N–H and O–H groups in total. The number of aromatic nitrogens is 4. The minimum absolute atomic E-state index is 0.0280. The molecule has 2 heterocycles. The van der Waals surface area contributed by atoms with E-state index in [1.165, 1.54) is 6.08 Å². The van der Waals surface area contributed by atoms with Crippen LogP contribution in [0, 0.1) is 0 Å². The van der Waals surface area contributed by atoms with Crippen molar-refractivity contribution in [1.29, 1.82) is 0 Å². The molecular formula is C22H18N4O3. The molecule has 0 unspecified atom stereocenters. The maximum atomic E-state index is 11.9. The van der Waals surface area contributed by atoms with Gasteiger partial charge in [0.05, 0.1) is 12.7 Å². The summed E-state index contributed by atoms with van der Waals surface area (Å²) in [5, 5.41) is 12.0. The summed E-state index contributed by atoms with van der Waals surface area (Å²) >= 11 is 0. The van der Waals surface area contributed by atoms with Crippen LogP contribution in [0.4, 0.5) is 0 Å². The van der Waals surface area contributed by atoms with E-state index in [2.05, 4.69) is 15.5 Å². The highest BCUT2D eigenvalue weighted by Gasteiger charge is 2.08. The Morgan fingerprint density at radius 2 is 1.83 bits per heavy atom. The molecule has 0 bridgehead atoms. The van der Waals surface area contributed by atoms with E-state index in [0.29, 0.717) is 23.7 Å². The molecule has 144 valence electrons. The highest BCUT2D eigenvalue weighted by molar-refractivity contribution is 5.86. The lowest BCUT2D eigenvalue weighted by atomic mass is 10.2. The second-order valence-corrected chi connectivity index (χ2v) is 6.32. The van der Waals surface area contributed by atoms with Gasteiger partial charge in [0, 0.05) is 17.7 Å². The molecule has 4 aromatic rings. The molecule has 0 saturated carbocycles. The van der Waals surface area contributed by atoms with Gasteiger partial charge in [-0.2, -0.15) is 0 Å². The predicted molar refractivity (Wildman–Crippen MR) is 106 cm³/mol. The average molecular weight is 386 g/mol. The van der Waals surface area contributed by atoms with Crippen LogP contribution in [-0.4, -0.2) is 26.1 Å². The lowest BCUT2D eigenvalue weighted by molar-refractivity contribution is -0.139. The van der Waals surface area contributed by atoms with E-state index in [1.807, 2.05) is 60.7 Å². The van der Waals surface area contributed by atoms with Crippen LogP contribution in [0.3, 0.4) is 0 Å². The van der Waals surface area contributed by atoms with Crippen molar-refractivity contribution in [1.82, 2.24) is 20.2 Å². The molecule has 0 aliphatic rings. The Morgan fingerprint density at radius 3 is 2.62 bits per heavy atom. The van der Waals surface area contributed by atoms with Crippen LogP contribution in [0.5, 0.6) is 0 Å². The smallest absolute Gasteiger partial charge is 0.331 e. The predicted octanol–water partition coefficient (Wildman–Crippen LogP) is 3.74. The van der Waals surface area contributed by atoms with Crippen molar-refractivity contribution in [3.05, 3.63) is 96.0 Å². The van der Waals surface area contributed by atoms with Gasteiger partial charge in [0.25, 0.3) is 0 Å². The molecule has 29 heavy (non-hydrogen) atoms. The van der Waals surface area contributed by atoms with Crippen molar-refractivity contribution in [3.63, 3.8) is 0 Å². The van der Waals surface area contributed by atoms with Crippen LogP contribution < -0.4 is 0 Å². The van der Waals surface area contributed by atoms with Gasteiger partial charge in [-0.05, 0) is 11.6 Å². The minimum Gasteiger partial charge on any atom is -0.456 e. The summed E-state index contributed by atoms with van der Waals surface area (Å²) in [6.07, 6.45) is 4.64. The van der Waals surface area contributed by atoms with Crippen molar-refractivity contribution in [2.24, 2.45) is 0 Å². The lowest BCUT2D eigenvalue weighted by Crippen LogP contribution is -2.00. The quantitative estimate of drug-likeness (QED) is 0.355. The standard InChI is InChI=1S/C22H18N4O3/c27-22(28-16-20-13-21(29-24-20)18-9-5-2-6-10-18)12-11-19-15-26(25-23-19)14-17-7-3-1-4-8-17/h1-13,15H,14,16H2/b12-11+. The van der Waals surface area contributed by atoms with Crippen LogP contribution in [0.2, 0.25) is 0 Å². The van der Waals surface area contributed by atoms with E-state index < -0.39 is 5.97 Å². The van der Waals surface area contributed by atoms with Gasteiger partial charge in [0.2, 0.25) is 0 Å². The van der Waals surface area contributed by atoms with E-state index in [1.54, 1.807) is 23.0 Å². The van der Waals surface area contributed by atoms with Crippen molar-refractivity contribution in [2.45, 2.75) is 13.2 Å². The molecule has 0 atom stereocenters. The molecule has 0 aliphatic heterocycles. The first kappa shape index (κ1) is 18.4. The zero-order valence-electron chi connectivity index (χ0n) is 15.5. The largest absolute Gasteiger partial charge is 0.456 e. The van der Waals surface area contributed by atoms with Gasteiger partial charge in [0.1, 0.15) is 18.0 Å². The zero-order chi connectivity index (χ0) is 19.9. The summed E-state index contributed by atoms with van der Waals surface area (Å²) in [5.74, 6) is 0.133. The van der Waals surface area contributed by atoms with Gasteiger partial charge >= 0.3 is 5.97 Å². The van der Waals surface area contributed by atoms with Crippen LogP contribution in [0.25, 0.3) is 17.4 Å². The van der Waals surface area contributed by atoms with Crippen molar-refractivity contribution < 1.29 is 14.1 Å². The van der Waals surface area contributed by atoms with E-state index in [-0.39, 0.29) is 6.61 Å². The molecule has 0 spiro atoms. The molecule has 0 aliphatic carbocycles. The number of rotatable bonds is 7. The summed E-state index contributed by atoms with van der Waals surface area (Å²) in [7, 11) is 0. The molecule has 7 heteroatoms. The van der Waals surface area contributed by atoms with Gasteiger partial charge < -0.3 is 9.26 Å². The molecule has 0 radical (unpaired) electrons. The van der Waals surface area contributed by atoms with Gasteiger partial charge in [-0.15, -0.1) is 5.10 Å². The molecule has 7 nitrogen and oxygen atoms in total. The Labute approximate surface area is 167 Å². The second kappa shape index (κ2) is 8.79. The van der Waals surface area contributed by atoms with Crippen molar-refractivity contribution >= 4 is 12.0 Å². The molecular weight excluding hydrogens is 368 g/mol. The number of carbonyl (C=O) groups excluding carboxylic acids is 1.